The molecule has 0 bridgehead atoms. The van der Waals surface area contributed by atoms with E-state index in [4.69, 9.17) is 37.9 Å². The molecule has 0 radical (unpaired) electrons. The third-order valence-electron chi connectivity index (χ3n) is 16.4. The van der Waals surface area contributed by atoms with Crippen LogP contribution < -0.4 is 0 Å². The molecule has 0 aliphatic rings. The molecule has 0 atom stereocenters. The smallest absolute Gasteiger partial charge is 0.339 e. The molecule has 0 aromatic heterocycles. The van der Waals surface area contributed by atoms with Gasteiger partial charge in [0.1, 0.15) is 39.6 Å². The molecule has 0 spiro atoms. The molecule has 6 aromatic rings. The van der Waals surface area contributed by atoms with Gasteiger partial charge in [-0.2, -0.15) is 0 Å². The van der Waals surface area contributed by atoms with Crippen LogP contribution in [0.5, 0.6) is 0 Å². The maximum Gasteiger partial charge on any atom is 0.339 e. The Labute approximate surface area is 566 Å². The van der Waals surface area contributed by atoms with Crippen LogP contribution in [0.25, 0.3) is 0 Å². The van der Waals surface area contributed by atoms with Crippen molar-refractivity contribution in [3.63, 3.8) is 0 Å². The highest BCUT2D eigenvalue weighted by molar-refractivity contribution is 6.77. The Morgan fingerprint density at radius 2 is 0.579 bits per heavy atom. The fourth-order valence-corrected chi connectivity index (χ4v) is 13.4. The molecule has 0 unspecified atom stereocenters. The molecular formula is C80H104O14Si. The maximum atomic E-state index is 14.1. The van der Waals surface area contributed by atoms with Crippen molar-refractivity contribution in [3.05, 3.63) is 228 Å². The fraction of sp³-hybridized carbons (Fsp3) is 0.450. The molecular weight excluding hydrogens is 1210 g/mol. The average Bonchev–Trinajstić information content (AvgIpc) is 0.940. The fourth-order valence-electron chi connectivity index (χ4n) is 10.8. The van der Waals surface area contributed by atoms with Crippen molar-refractivity contribution in [3.8, 4) is 0 Å². The summed E-state index contributed by atoms with van der Waals surface area (Å²) in [6.45, 7) is 10.8. The van der Waals surface area contributed by atoms with Crippen LogP contribution >= 0.6 is 0 Å². The van der Waals surface area contributed by atoms with E-state index in [0.29, 0.717) is 6.42 Å². The number of esters is 6. The lowest BCUT2D eigenvalue weighted by atomic mass is 9.94. The van der Waals surface area contributed by atoms with Crippen molar-refractivity contribution in [2.24, 2.45) is 0 Å². The van der Waals surface area contributed by atoms with E-state index in [1.165, 1.54) is 115 Å². The van der Waals surface area contributed by atoms with Crippen LogP contribution in [-0.4, -0.2) is 68.3 Å². The summed E-state index contributed by atoms with van der Waals surface area (Å²) in [5.74, 6) is -4.41. The van der Waals surface area contributed by atoms with Crippen molar-refractivity contribution in [1.29, 1.82) is 0 Å². The van der Waals surface area contributed by atoms with Gasteiger partial charge in [0.25, 0.3) is 0 Å². The number of hydrogen-bond acceptors (Lipinski definition) is 14. The van der Waals surface area contributed by atoms with Crippen molar-refractivity contribution in [2.75, 3.05) is 13.2 Å². The van der Waals surface area contributed by atoms with E-state index in [9.17, 15) is 28.8 Å². The monoisotopic (exact) mass is 1320 g/mol. The van der Waals surface area contributed by atoms with Crippen LogP contribution in [0.3, 0.4) is 0 Å². The lowest BCUT2D eigenvalue weighted by molar-refractivity contribution is -0.187. The summed E-state index contributed by atoms with van der Waals surface area (Å²) in [7, 11) is -1.54. The number of unbranched alkanes of at least 4 members (excludes halogenated alkanes) is 15. The largest absolute Gasteiger partial charge is 0.461 e. The Kier molecular flexibility index (Phi) is 37.8. The first kappa shape index (κ1) is 77.7. The number of rotatable bonds is 47. The number of ether oxygens (including phenoxy) is 8. The lowest BCUT2D eigenvalue weighted by Crippen LogP contribution is -2.47. The third kappa shape index (κ3) is 33.3. The van der Waals surface area contributed by atoms with Gasteiger partial charge in [-0.05, 0) is 39.8 Å². The first-order chi connectivity index (χ1) is 46.2. The second-order valence-electron chi connectivity index (χ2n) is 25.2. The zero-order valence-corrected chi connectivity index (χ0v) is 57.7. The molecule has 0 amide bonds. The van der Waals surface area contributed by atoms with Crippen molar-refractivity contribution >= 4 is 43.9 Å². The molecule has 0 heterocycles. The molecule has 0 saturated carbocycles. The van der Waals surface area contributed by atoms with Gasteiger partial charge < -0.3 is 37.9 Å². The minimum absolute atomic E-state index is 0.00866. The predicted octanol–water partition coefficient (Wildman–Crippen LogP) is 18.1. The van der Waals surface area contributed by atoms with Crippen LogP contribution in [-0.2, 0) is 106 Å². The van der Waals surface area contributed by atoms with Crippen LogP contribution in [0, 0.1) is 0 Å². The number of hydrogen-bond donors (Lipinski definition) is 0. The van der Waals surface area contributed by atoms with Crippen LogP contribution in [0.4, 0.5) is 0 Å². The van der Waals surface area contributed by atoms with E-state index in [1.807, 2.05) is 170 Å². The standard InChI is InChI=1S/C50H74O7Si.C30H30O7/c1-4-5-6-7-8-9-10-11-12-13-14-15-16-17-18-28-37-58(2,3)38-29-36-57-50(49(53)56-43-46-34-26-21-27-35-46,39-47(51)54-41-44-30-22-19-23-31-44)40-48(52)55-42-45-32-24-20-25-33-45;1-2-18-37-30(29(33)36-23-26-16-10-5-11-17-26,19-27(31)34-21-24-12-6-3-7-13-24)20-28(32)35-22-25-14-8-4-9-15-25/h19-27,30-35H,4-18,28-29,36-43H2,1-3H3;2-17H,1,18-23H2. The first-order valence-electron chi connectivity index (χ1n) is 34.3. The van der Waals surface area contributed by atoms with Gasteiger partial charge in [-0.3, -0.25) is 19.2 Å². The Balaban J connectivity index is 0.000000379. The van der Waals surface area contributed by atoms with Crippen LogP contribution in [0.15, 0.2) is 195 Å². The highest BCUT2D eigenvalue weighted by Crippen LogP contribution is 2.30. The summed E-state index contributed by atoms with van der Waals surface area (Å²) in [5, 5.41) is 0. The Morgan fingerprint density at radius 3 is 0.853 bits per heavy atom. The highest BCUT2D eigenvalue weighted by atomic mass is 28.3. The van der Waals surface area contributed by atoms with Crippen molar-refractivity contribution in [2.45, 2.75) is 218 Å². The van der Waals surface area contributed by atoms with Gasteiger partial charge in [-0.1, -0.05) is 323 Å². The van der Waals surface area contributed by atoms with Gasteiger partial charge in [-0.15, -0.1) is 6.58 Å². The Bertz CT molecular complexity index is 2960. The predicted molar refractivity (Wildman–Crippen MR) is 375 cm³/mol. The maximum absolute atomic E-state index is 14.1. The molecule has 0 N–H and O–H groups in total. The summed E-state index contributed by atoms with van der Waals surface area (Å²) in [6, 6.07) is 57.5. The minimum Gasteiger partial charge on any atom is -0.461 e. The minimum atomic E-state index is -1.95. The van der Waals surface area contributed by atoms with E-state index < -0.39 is 80.8 Å². The van der Waals surface area contributed by atoms with Gasteiger partial charge in [0.2, 0.25) is 0 Å². The molecule has 512 valence electrons. The quantitative estimate of drug-likeness (QED) is 0.0116. The van der Waals surface area contributed by atoms with E-state index >= 15 is 0 Å². The second-order valence-corrected chi connectivity index (χ2v) is 30.5. The number of carbonyl (C=O) groups is 6. The Hall–Kier alpha value is -7.98. The lowest BCUT2D eigenvalue weighted by Gasteiger charge is -2.31. The second kappa shape index (κ2) is 46.2. The molecule has 95 heavy (non-hydrogen) atoms. The summed E-state index contributed by atoms with van der Waals surface area (Å²) in [5.41, 5.74) is 0.850. The molecule has 15 heteroatoms. The number of benzene rings is 6. The zero-order valence-electron chi connectivity index (χ0n) is 56.7. The molecule has 0 fully saturated rings. The molecule has 6 aromatic carbocycles. The molecule has 0 aliphatic carbocycles. The van der Waals surface area contributed by atoms with E-state index in [-0.39, 0.29) is 52.9 Å². The van der Waals surface area contributed by atoms with Crippen LogP contribution in [0.2, 0.25) is 25.2 Å². The topological polar surface area (TPSA) is 176 Å². The van der Waals surface area contributed by atoms with Gasteiger partial charge in [0.05, 0.1) is 32.3 Å². The van der Waals surface area contributed by atoms with Gasteiger partial charge in [0.15, 0.2) is 11.2 Å². The molecule has 14 nitrogen and oxygen atoms in total. The first-order valence-corrected chi connectivity index (χ1v) is 37.7. The summed E-state index contributed by atoms with van der Waals surface area (Å²) >= 11 is 0. The Morgan fingerprint density at radius 1 is 0.337 bits per heavy atom. The van der Waals surface area contributed by atoms with E-state index in [0.717, 1.165) is 39.4 Å². The zero-order chi connectivity index (χ0) is 67.9. The van der Waals surface area contributed by atoms with Crippen molar-refractivity contribution < 1.29 is 66.7 Å². The van der Waals surface area contributed by atoms with Gasteiger partial charge >= 0.3 is 35.8 Å². The summed E-state index contributed by atoms with van der Waals surface area (Å²) in [4.78, 5) is 80.0. The highest BCUT2D eigenvalue weighted by Gasteiger charge is 2.48. The molecule has 0 aliphatic heterocycles. The molecule has 0 saturated heterocycles. The van der Waals surface area contributed by atoms with Gasteiger partial charge in [-0.25, -0.2) is 9.59 Å². The van der Waals surface area contributed by atoms with E-state index in [1.54, 1.807) is 12.1 Å². The van der Waals surface area contributed by atoms with Crippen LogP contribution in [0.1, 0.15) is 175 Å². The molecule has 6 rings (SSSR count). The summed E-state index contributed by atoms with van der Waals surface area (Å²) in [6.07, 6.45) is 21.9. The summed E-state index contributed by atoms with van der Waals surface area (Å²) < 4.78 is 45.5. The SMILES string of the molecule is C=CCOC(CC(=O)OCc1ccccc1)(CC(=O)OCc1ccccc1)C(=O)OCc1ccccc1.CCCCCCCCCCCCCCCCCC[Si](C)(C)CCCOC(CC(=O)OCc1ccccc1)(CC(=O)OCc1ccccc1)C(=O)OCc1ccccc1. The van der Waals surface area contributed by atoms with Gasteiger partial charge in [0, 0.05) is 14.7 Å². The normalized spacial score (nSPS) is 11.3. The average molecular weight is 1320 g/mol. The number of carbonyl (C=O) groups excluding carboxylic acids is 6. The third-order valence-corrected chi connectivity index (χ3v) is 19.8. The van der Waals surface area contributed by atoms with Crippen molar-refractivity contribution in [1.82, 2.24) is 0 Å². The van der Waals surface area contributed by atoms with E-state index in [2.05, 4.69) is 26.6 Å².